The molecule has 1 rings (SSSR count). The molecule has 0 bridgehead atoms. The predicted octanol–water partition coefficient (Wildman–Crippen LogP) is -0.388. The molecular weight excluding hydrogens is 174 g/mol. The maximum absolute atomic E-state index is 11.0. The molecule has 2 unspecified atom stereocenters. The van der Waals surface area contributed by atoms with Crippen molar-refractivity contribution in [2.75, 3.05) is 13.2 Å². The van der Waals surface area contributed by atoms with Crippen molar-refractivity contribution in [2.24, 2.45) is 5.92 Å². The minimum Gasteiger partial charge on any atom is -0.479 e. The Hall–Kier alpha value is -1.10. The van der Waals surface area contributed by atoms with E-state index in [2.05, 4.69) is 5.32 Å². The summed E-state index contributed by atoms with van der Waals surface area (Å²) in [6, 6.07) is 0. The lowest BCUT2D eigenvalue weighted by Crippen LogP contribution is -2.60. The molecule has 0 spiro atoms. The first-order chi connectivity index (χ1) is 6.13. The fourth-order valence-electron chi connectivity index (χ4n) is 1.58. The van der Waals surface area contributed by atoms with E-state index in [4.69, 9.17) is 9.84 Å². The van der Waals surface area contributed by atoms with Crippen LogP contribution in [-0.2, 0) is 14.3 Å². The van der Waals surface area contributed by atoms with Crippen molar-refractivity contribution in [3.8, 4) is 0 Å². The Balaban J connectivity index is 2.85. The van der Waals surface area contributed by atoms with Gasteiger partial charge in [-0.05, 0) is 0 Å². The Kier molecular flexibility index (Phi) is 2.87. The normalized spacial score (nSPS) is 33.8. The van der Waals surface area contributed by atoms with Crippen molar-refractivity contribution in [1.82, 2.24) is 5.32 Å². The highest BCUT2D eigenvalue weighted by Crippen LogP contribution is 2.26. The number of amides is 1. The topological polar surface area (TPSA) is 75.6 Å². The summed E-state index contributed by atoms with van der Waals surface area (Å²) in [5.74, 6) is -1.20. The summed E-state index contributed by atoms with van der Waals surface area (Å²) in [6.07, 6.45) is 0.762. The lowest BCUT2D eigenvalue weighted by molar-refractivity contribution is -0.154. The minimum absolute atomic E-state index is 0.205. The fraction of sp³-hybridized carbons (Fsp3) is 0.750. The number of rotatable bonds is 3. The Morgan fingerprint density at radius 2 is 2.46 bits per heavy atom. The Morgan fingerprint density at radius 3 is 2.92 bits per heavy atom. The molecule has 1 saturated heterocycles. The third-order valence-corrected chi connectivity index (χ3v) is 2.55. The van der Waals surface area contributed by atoms with Crippen molar-refractivity contribution in [1.29, 1.82) is 0 Å². The van der Waals surface area contributed by atoms with E-state index in [9.17, 15) is 9.59 Å². The van der Waals surface area contributed by atoms with Crippen LogP contribution in [0.1, 0.15) is 13.3 Å². The van der Waals surface area contributed by atoms with Crippen LogP contribution in [-0.4, -0.2) is 36.2 Å². The summed E-state index contributed by atoms with van der Waals surface area (Å²) in [5, 5.41) is 11.4. The van der Waals surface area contributed by atoms with E-state index < -0.39 is 11.5 Å². The molecule has 0 radical (unpaired) electrons. The quantitative estimate of drug-likeness (QED) is 0.590. The molecule has 0 aromatic rings. The van der Waals surface area contributed by atoms with Crippen LogP contribution in [0.5, 0.6) is 0 Å². The second-order valence-corrected chi connectivity index (χ2v) is 3.26. The van der Waals surface area contributed by atoms with E-state index in [-0.39, 0.29) is 5.92 Å². The maximum atomic E-state index is 11.0. The molecule has 1 fully saturated rings. The maximum Gasteiger partial charge on any atom is 0.329 e. The van der Waals surface area contributed by atoms with Crippen LogP contribution in [0.4, 0.5) is 0 Å². The molecule has 74 valence electrons. The average molecular weight is 187 g/mol. The van der Waals surface area contributed by atoms with Gasteiger partial charge in [-0.15, -0.1) is 0 Å². The molecule has 2 atom stereocenters. The highest BCUT2D eigenvalue weighted by molar-refractivity contribution is 5.82. The van der Waals surface area contributed by atoms with Gasteiger partial charge in [0.1, 0.15) is 5.54 Å². The van der Waals surface area contributed by atoms with E-state index in [0.717, 1.165) is 0 Å². The number of nitrogens with one attached hydrogen (secondary N) is 1. The summed E-state index contributed by atoms with van der Waals surface area (Å²) < 4.78 is 5.11. The first-order valence-corrected chi connectivity index (χ1v) is 4.16. The lowest BCUT2D eigenvalue weighted by atomic mass is 9.81. The van der Waals surface area contributed by atoms with Gasteiger partial charge >= 0.3 is 5.97 Å². The Bertz CT molecular complexity index is 218. The van der Waals surface area contributed by atoms with Crippen molar-refractivity contribution >= 4 is 12.4 Å². The number of carbonyl (C=O) groups is 2. The van der Waals surface area contributed by atoms with Gasteiger partial charge in [0.2, 0.25) is 6.41 Å². The standard InChI is InChI=1S/C8H13NO4/c1-6-4-13-3-2-8(6,7(11)12)9-5-10/h5-6H,2-4H2,1H3,(H,9,10)(H,11,12). The molecule has 5 heteroatoms. The summed E-state index contributed by atoms with van der Waals surface area (Å²) in [5.41, 5.74) is -1.14. The number of hydrogen-bond donors (Lipinski definition) is 2. The van der Waals surface area contributed by atoms with Crippen LogP contribution in [0.15, 0.2) is 0 Å². The largest absolute Gasteiger partial charge is 0.479 e. The number of aliphatic carboxylic acids is 1. The summed E-state index contributed by atoms with van der Waals surface area (Å²) in [7, 11) is 0. The number of ether oxygens (including phenoxy) is 1. The molecule has 1 aliphatic rings. The summed E-state index contributed by atoms with van der Waals surface area (Å²) in [6.45, 7) is 2.49. The summed E-state index contributed by atoms with van der Waals surface area (Å²) in [4.78, 5) is 21.3. The second-order valence-electron chi connectivity index (χ2n) is 3.26. The van der Waals surface area contributed by atoms with Gasteiger partial charge in [-0.3, -0.25) is 4.79 Å². The van der Waals surface area contributed by atoms with Crippen molar-refractivity contribution < 1.29 is 19.4 Å². The zero-order valence-electron chi connectivity index (χ0n) is 7.45. The van der Waals surface area contributed by atoms with Crippen LogP contribution in [0, 0.1) is 5.92 Å². The zero-order valence-corrected chi connectivity index (χ0v) is 7.45. The average Bonchev–Trinajstić information content (AvgIpc) is 2.09. The van der Waals surface area contributed by atoms with Crippen LogP contribution in [0.25, 0.3) is 0 Å². The van der Waals surface area contributed by atoms with Crippen LogP contribution in [0.3, 0.4) is 0 Å². The van der Waals surface area contributed by atoms with Gasteiger partial charge < -0.3 is 15.2 Å². The SMILES string of the molecule is CC1COCCC1(NC=O)C(=O)O. The van der Waals surface area contributed by atoms with E-state index in [1.807, 2.05) is 0 Å². The third-order valence-electron chi connectivity index (χ3n) is 2.55. The highest BCUT2D eigenvalue weighted by atomic mass is 16.5. The van der Waals surface area contributed by atoms with Crippen LogP contribution in [0.2, 0.25) is 0 Å². The van der Waals surface area contributed by atoms with Crippen molar-refractivity contribution in [3.05, 3.63) is 0 Å². The van der Waals surface area contributed by atoms with E-state index in [1.165, 1.54) is 0 Å². The molecule has 1 heterocycles. The van der Waals surface area contributed by atoms with Gasteiger partial charge in [-0.2, -0.15) is 0 Å². The van der Waals surface area contributed by atoms with Crippen LogP contribution >= 0.6 is 0 Å². The number of carboxylic acid groups (broad SMARTS) is 1. The van der Waals surface area contributed by atoms with Gasteiger partial charge in [0.05, 0.1) is 6.61 Å². The van der Waals surface area contributed by atoms with E-state index in [0.29, 0.717) is 26.0 Å². The minimum atomic E-state index is -1.14. The molecule has 2 N–H and O–H groups in total. The Labute approximate surface area is 76.1 Å². The fourth-order valence-corrected chi connectivity index (χ4v) is 1.58. The third kappa shape index (κ3) is 1.65. The monoisotopic (exact) mass is 187 g/mol. The van der Waals surface area contributed by atoms with E-state index in [1.54, 1.807) is 6.92 Å². The number of carboxylic acids is 1. The number of carbonyl (C=O) groups excluding carboxylic acids is 1. The van der Waals surface area contributed by atoms with Gasteiger partial charge in [-0.1, -0.05) is 6.92 Å². The smallest absolute Gasteiger partial charge is 0.329 e. The van der Waals surface area contributed by atoms with Crippen molar-refractivity contribution in [3.63, 3.8) is 0 Å². The zero-order chi connectivity index (χ0) is 9.90. The molecule has 0 aliphatic carbocycles. The second kappa shape index (κ2) is 3.74. The van der Waals surface area contributed by atoms with Gasteiger partial charge in [0, 0.05) is 18.9 Å². The first kappa shape index (κ1) is 9.98. The molecule has 0 saturated carbocycles. The Morgan fingerprint density at radius 1 is 1.77 bits per heavy atom. The first-order valence-electron chi connectivity index (χ1n) is 4.16. The molecule has 13 heavy (non-hydrogen) atoms. The molecule has 1 amide bonds. The van der Waals surface area contributed by atoms with Gasteiger partial charge in [-0.25, -0.2) is 4.79 Å². The van der Waals surface area contributed by atoms with E-state index >= 15 is 0 Å². The number of hydrogen-bond acceptors (Lipinski definition) is 3. The van der Waals surface area contributed by atoms with Gasteiger partial charge in [0.25, 0.3) is 0 Å². The molecule has 0 aromatic carbocycles. The van der Waals surface area contributed by atoms with Crippen molar-refractivity contribution in [2.45, 2.75) is 18.9 Å². The van der Waals surface area contributed by atoms with Gasteiger partial charge in [0.15, 0.2) is 0 Å². The lowest BCUT2D eigenvalue weighted by Gasteiger charge is -2.38. The molecule has 0 aromatic heterocycles. The molecular formula is C8H13NO4. The highest BCUT2D eigenvalue weighted by Gasteiger charge is 2.45. The predicted molar refractivity (Wildman–Crippen MR) is 44.2 cm³/mol. The van der Waals surface area contributed by atoms with Crippen LogP contribution < -0.4 is 5.32 Å². The molecule has 1 aliphatic heterocycles. The molecule has 5 nitrogen and oxygen atoms in total. The summed E-state index contributed by atoms with van der Waals surface area (Å²) >= 11 is 0.